The lowest BCUT2D eigenvalue weighted by Gasteiger charge is -1.88. The van der Waals surface area contributed by atoms with Crippen molar-refractivity contribution < 1.29 is 8.83 Å². The number of thiophene rings is 1. The summed E-state index contributed by atoms with van der Waals surface area (Å²) in [6.07, 6.45) is 0. The number of aromatic nitrogens is 2. The summed E-state index contributed by atoms with van der Waals surface area (Å²) in [5.74, 6) is 3.76. The van der Waals surface area contributed by atoms with Gasteiger partial charge < -0.3 is 8.83 Å². The average molecular weight is 519 g/mol. The standard InChI is InChI=1S/C8H12O.C8H12S.C6H9NO.C6H9NS.CH4/c2*1-5-6(2)8(4)9-7(5)3;2*1-4-5(2)8-6(3)7-4;/h2*1-4H3;2*1-3H3;1H4. The predicted molar refractivity (Wildman–Crippen MR) is 155 cm³/mol. The van der Waals surface area contributed by atoms with E-state index in [9.17, 15) is 0 Å². The van der Waals surface area contributed by atoms with Crippen molar-refractivity contribution in [2.45, 2.75) is 104 Å². The number of hydrogen-bond acceptors (Lipinski definition) is 6. The van der Waals surface area contributed by atoms with E-state index in [1.165, 1.54) is 47.6 Å². The van der Waals surface area contributed by atoms with Crippen LogP contribution >= 0.6 is 22.7 Å². The lowest BCUT2D eigenvalue weighted by Crippen LogP contribution is -1.73. The van der Waals surface area contributed by atoms with Crippen molar-refractivity contribution in [3.05, 3.63) is 76.5 Å². The summed E-state index contributed by atoms with van der Waals surface area (Å²) in [4.78, 5) is 12.5. The van der Waals surface area contributed by atoms with Gasteiger partial charge in [-0.2, -0.15) is 0 Å². The third kappa shape index (κ3) is 9.77. The van der Waals surface area contributed by atoms with Crippen LogP contribution in [0, 0.1) is 96.9 Å². The van der Waals surface area contributed by atoms with Gasteiger partial charge >= 0.3 is 0 Å². The normalized spacial score (nSPS) is 9.77. The SMILES string of the molecule is C.Cc1nc(C)c(C)o1.Cc1nc(C)c(C)s1.Cc1oc(C)c(C)c1C.Cc1sc(C)c(C)c1C. The van der Waals surface area contributed by atoms with E-state index in [-0.39, 0.29) is 7.43 Å². The fourth-order valence-corrected chi connectivity index (χ4v) is 4.98. The van der Waals surface area contributed by atoms with Gasteiger partial charge in [-0.05, 0) is 112 Å². The maximum Gasteiger partial charge on any atom is 0.191 e. The van der Waals surface area contributed by atoms with Crippen LogP contribution in [0.1, 0.15) is 83.9 Å². The number of thiazole rings is 1. The Bertz CT molecular complexity index is 1030. The second kappa shape index (κ2) is 14.4. The van der Waals surface area contributed by atoms with Gasteiger partial charge in [-0.1, -0.05) is 7.43 Å². The van der Waals surface area contributed by atoms with Gasteiger partial charge in [0.25, 0.3) is 0 Å². The summed E-state index contributed by atoms with van der Waals surface area (Å²) < 4.78 is 10.4. The summed E-state index contributed by atoms with van der Waals surface area (Å²) in [5, 5.41) is 1.17. The lowest BCUT2D eigenvalue weighted by atomic mass is 10.2. The van der Waals surface area contributed by atoms with Crippen LogP contribution in [-0.2, 0) is 0 Å². The minimum absolute atomic E-state index is 0. The van der Waals surface area contributed by atoms with Gasteiger partial charge in [0, 0.05) is 21.6 Å². The molecule has 0 spiro atoms. The molecule has 4 aromatic rings. The molecule has 35 heavy (non-hydrogen) atoms. The van der Waals surface area contributed by atoms with Crippen LogP contribution in [0.2, 0.25) is 0 Å². The number of furan rings is 1. The molecule has 4 rings (SSSR count). The van der Waals surface area contributed by atoms with Gasteiger partial charge in [0.05, 0.1) is 16.4 Å². The summed E-state index contributed by atoms with van der Waals surface area (Å²) in [7, 11) is 0. The highest BCUT2D eigenvalue weighted by atomic mass is 32.1. The maximum absolute atomic E-state index is 5.34. The molecule has 0 aromatic carbocycles. The molecule has 0 aliphatic rings. The number of hydrogen-bond donors (Lipinski definition) is 0. The van der Waals surface area contributed by atoms with Crippen LogP contribution in [0.5, 0.6) is 0 Å². The van der Waals surface area contributed by atoms with E-state index in [1.807, 2.05) is 59.8 Å². The van der Waals surface area contributed by atoms with E-state index < -0.39 is 0 Å². The Labute approximate surface area is 221 Å². The van der Waals surface area contributed by atoms with E-state index in [2.05, 4.69) is 58.4 Å². The van der Waals surface area contributed by atoms with Crippen molar-refractivity contribution in [3.8, 4) is 0 Å². The van der Waals surface area contributed by atoms with Crippen LogP contribution < -0.4 is 0 Å². The van der Waals surface area contributed by atoms with Gasteiger partial charge in [-0.25, -0.2) is 9.97 Å². The molecule has 0 aliphatic heterocycles. The monoisotopic (exact) mass is 518 g/mol. The molecule has 0 unspecified atom stereocenters. The van der Waals surface area contributed by atoms with E-state index in [0.717, 1.165) is 28.9 Å². The van der Waals surface area contributed by atoms with Crippen LogP contribution in [0.3, 0.4) is 0 Å². The molecular weight excluding hydrogens is 472 g/mol. The molecule has 0 amide bonds. The third-order valence-electron chi connectivity index (χ3n) is 6.12. The first kappa shape index (κ1) is 32.8. The van der Waals surface area contributed by atoms with E-state index in [0.29, 0.717) is 0 Å². The van der Waals surface area contributed by atoms with E-state index in [1.54, 1.807) is 11.3 Å². The van der Waals surface area contributed by atoms with Crippen LogP contribution in [-0.4, -0.2) is 9.97 Å². The van der Waals surface area contributed by atoms with Crippen molar-refractivity contribution in [2.24, 2.45) is 0 Å². The average Bonchev–Trinajstić information content (AvgIpc) is 3.36. The second-order valence-electron chi connectivity index (χ2n) is 8.68. The Morgan fingerprint density at radius 1 is 0.457 bits per heavy atom. The molecular formula is C29H46N2O2S2. The number of oxazole rings is 1. The quantitative estimate of drug-likeness (QED) is 0.232. The van der Waals surface area contributed by atoms with Crippen LogP contribution in [0.15, 0.2) is 8.83 Å². The Kier molecular flexibility index (Phi) is 13.5. The summed E-state index contributed by atoms with van der Waals surface area (Å²) in [6.45, 7) is 28.8. The van der Waals surface area contributed by atoms with E-state index in [4.69, 9.17) is 8.83 Å². The molecule has 0 saturated carbocycles. The first-order chi connectivity index (χ1) is 15.6. The molecule has 0 atom stereocenters. The second-order valence-corrected chi connectivity index (χ2v) is 11.5. The molecule has 6 heteroatoms. The molecule has 0 fully saturated rings. The first-order valence-electron chi connectivity index (χ1n) is 11.5. The Morgan fingerprint density at radius 2 is 0.914 bits per heavy atom. The van der Waals surface area contributed by atoms with Gasteiger partial charge in [0.1, 0.15) is 17.3 Å². The van der Waals surface area contributed by atoms with Gasteiger partial charge in [0.2, 0.25) is 0 Å². The first-order valence-corrected chi connectivity index (χ1v) is 13.2. The zero-order valence-electron chi connectivity index (χ0n) is 23.5. The highest BCUT2D eigenvalue weighted by Crippen LogP contribution is 2.24. The number of nitrogens with zero attached hydrogens (tertiary/aromatic N) is 2. The minimum atomic E-state index is 0. The molecule has 0 saturated heterocycles. The summed E-state index contributed by atoms with van der Waals surface area (Å²) in [5.41, 5.74) is 7.67. The van der Waals surface area contributed by atoms with Crippen molar-refractivity contribution in [3.63, 3.8) is 0 Å². The van der Waals surface area contributed by atoms with E-state index >= 15 is 0 Å². The Hall–Kier alpha value is -2.18. The largest absolute Gasteiger partial charge is 0.466 e. The molecule has 196 valence electrons. The zero-order chi connectivity index (χ0) is 26.3. The fourth-order valence-electron chi connectivity index (χ4n) is 3.09. The predicted octanol–water partition coefficient (Wildman–Crippen LogP) is 9.80. The number of aryl methyl sites for hydroxylation is 10. The van der Waals surface area contributed by atoms with Crippen molar-refractivity contribution in [1.82, 2.24) is 9.97 Å². The van der Waals surface area contributed by atoms with Crippen molar-refractivity contribution in [1.29, 1.82) is 0 Å². The van der Waals surface area contributed by atoms with Gasteiger partial charge in [0.15, 0.2) is 5.89 Å². The minimum Gasteiger partial charge on any atom is -0.466 e. The Balaban J connectivity index is 0.000000437. The Morgan fingerprint density at radius 3 is 1.03 bits per heavy atom. The third-order valence-corrected chi connectivity index (χ3v) is 8.33. The molecule has 4 nitrogen and oxygen atoms in total. The highest BCUT2D eigenvalue weighted by molar-refractivity contribution is 7.12. The highest BCUT2D eigenvalue weighted by Gasteiger charge is 2.04. The zero-order valence-corrected chi connectivity index (χ0v) is 25.2. The molecule has 4 heterocycles. The fraction of sp³-hybridized carbons (Fsp3) is 0.517. The van der Waals surface area contributed by atoms with Crippen molar-refractivity contribution in [2.75, 3.05) is 0 Å². The van der Waals surface area contributed by atoms with Gasteiger partial charge in [-0.15, -0.1) is 22.7 Å². The number of rotatable bonds is 0. The summed E-state index contributed by atoms with van der Waals surface area (Å²) in [6, 6.07) is 0. The molecule has 4 aromatic heterocycles. The molecule has 0 aliphatic carbocycles. The van der Waals surface area contributed by atoms with Crippen LogP contribution in [0.25, 0.3) is 0 Å². The molecule has 0 N–H and O–H groups in total. The maximum atomic E-state index is 5.34. The van der Waals surface area contributed by atoms with Crippen molar-refractivity contribution >= 4 is 22.7 Å². The summed E-state index contributed by atoms with van der Waals surface area (Å²) >= 11 is 3.65. The van der Waals surface area contributed by atoms with Gasteiger partial charge in [-0.3, -0.25) is 0 Å². The lowest BCUT2D eigenvalue weighted by molar-refractivity contribution is 0.493. The molecule has 0 radical (unpaired) electrons. The topological polar surface area (TPSA) is 52.1 Å². The smallest absolute Gasteiger partial charge is 0.191 e. The van der Waals surface area contributed by atoms with Crippen LogP contribution in [0.4, 0.5) is 0 Å². The molecule has 0 bridgehead atoms.